The molecule has 0 aromatic rings. The summed E-state index contributed by atoms with van der Waals surface area (Å²) in [5, 5.41) is 20.2. The first-order valence-electron chi connectivity index (χ1n) is 14.3. The Morgan fingerprint density at radius 2 is 1.49 bits per heavy atom. The molecule has 0 amide bonds. The minimum absolute atomic E-state index is 0.130. The molecule has 4 nitrogen and oxygen atoms in total. The Bertz CT molecular complexity index is 671. The lowest BCUT2D eigenvalue weighted by atomic mass is 9.84. The van der Waals surface area contributed by atoms with Crippen molar-refractivity contribution in [1.29, 1.82) is 0 Å². The molecule has 0 bridgehead atoms. The number of rotatable bonds is 11. The fourth-order valence-electron chi connectivity index (χ4n) is 5.47. The fraction of sp³-hybridized carbons (Fsp3) is 0.931. The monoisotopic (exact) mass is 526 g/mol. The maximum absolute atomic E-state index is 10.3. The molecule has 0 radical (unpaired) electrons. The smallest absolute Gasteiger partial charge is 0.192 e. The molecule has 35 heavy (non-hydrogen) atoms. The van der Waals surface area contributed by atoms with Gasteiger partial charge in [0.15, 0.2) is 16.6 Å². The highest BCUT2D eigenvalue weighted by molar-refractivity contribution is 6.74. The van der Waals surface area contributed by atoms with Crippen LogP contribution in [0.1, 0.15) is 86.5 Å². The largest absolute Gasteiger partial charge is 0.413 e. The topological polar surface area (TPSA) is 58.9 Å². The van der Waals surface area contributed by atoms with Crippen molar-refractivity contribution in [3.63, 3.8) is 0 Å². The molecule has 0 unspecified atom stereocenters. The first kappa shape index (κ1) is 31.2. The molecule has 6 heteroatoms. The van der Waals surface area contributed by atoms with E-state index < -0.39 is 16.6 Å². The molecule has 0 aliphatic heterocycles. The predicted molar refractivity (Wildman–Crippen MR) is 154 cm³/mol. The zero-order chi connectivity index (χ0) is 26.7. The molecule has 2 N–H and O–H groups in total. The van der Waals surface area contributed by atoms with Crippen molar-refractivity contribution < 1.29 is 19.1 Å². The van der Waals surface area contributed by atoms with Gasteiger partial charge in [0.05, 0.1) is 12.2 Å². The van der Waals surface area contributed by atoms with E-state index in [9.17, 15) is 10.2 Å². The second kappa shape index (κ2) is 12.2. The minimum atomic E-state index is -1.95. The quantitative estimate of drug-likeness (QED) is 0.216. The molecule has 2 rings (SSSR count). The normalized spacial score (nSPS) is 28.3. The van der Waals surface area contributed by atoms with Crippen molar-refractivity contribution in [3.05, 3.63) is 12.2 Å². The first-order valence-corrected chi connectivity index (χ1v) is 20.1. The van der Waals surface area contributed by atoms with Gasteiger partial charge in [-0.25, -0.2) is 0 Å². The van der Waals surface area contributed by atoms with Gasteiger partial charge in [-0.1, -0.05) is 66.5 Å². The molecule has 206 valence electrons. The van der Waals surface area contributed by atoms with Crippen LogP contribution in [0.3, 0.4) is 0 Å². The standard InChI is InChI=1S/C29H58O4Si2/c1-28(2,3)34(7,8)32-26(22-14-11-12-15-22)18-17-25-24(16-13-19-30)23(21-31)20-27(25)33-35(9,10)29(4,5)6/h17-18,22-27,30-31H,11-16,19-21H2,1-10H3/t23-,24+,25+,26-,27-/m1/s1. The van der Waals surface area contributed by atoms with E-state index in [1.165, 1.54) is 25.7 Å². The summed E-state index contributed by atoms with van der Waals surface area (Å²) in [5.41, 5.74) is 0. The predicted octanol–water partition coefficient (Wildman–Crippen LogP) is 7.53. The summed E-state index contributed by atoms with van der Waals surface area (Å²) in [6.07, 6.45) is 12.9. The SMILES string of the molecule is CC(C)(C)[Si](C)(C)O[C@H](C=C[C@H]1[C@@H](CCCO)[C@@H](CO)C[C@H]1O[Si](C)(C)C(C)(C)C)C1CCCC1. The first-order chi connectivity index (χ1) is 16.0. The summed E-state index contributed by atoms with van der Waals surface area (Å²) >= 11 is 0. The van der Waals surface area contributed by atoms with Crippen LogP contribution in [-0.4, -0.2) is 52.3 Å². The van der Waals surface area contributed by atoms with E-state index in [1.807, 2.05) is 0 Å². The van der Waals surface area contributed by atoms with Crippen molar-refractivity contribution in [1.82, 2.24) is 0 Å². The highest BCUT2D eigenvalue weighted by Gasteiger charge is 2.47. The van der Waals surface area contributed by atoms with Crippen molar-refractivity contribution in [2.45, 2.75) is 135 Å². The molecule has 2 aliphatic rings. The molecule has 0 aromatic heterocycles. The summed E-state index contributed by atoms with van der Waals surface area (Å²) in [4.78, 5) is 0. The third kappa shape index (κ3) is 8.00. The lowest BCUT2D eigenvalue weighted by Gasteiger charge is -2.41. The van der Waals surface area contributed by atoms with Crippen molar-refractivity contribution in [2.75, 3.05) is 13.2 Å². The van der Waals surface area contributed by atoms with Crippen LogP contribution in [0.15, 0.2) is 12.2 Å². The molecule has 2 saturated carbocycles. The average molecular weight is 527 g/mol. The van der Waals surface area contributed by atoms with Gasteiger partial charge in [-0.15, -0.1) is 0 Å². The van der Waals surface area contributed by atoms with Gasteiger partial charge in [0.25, 0.3) is 0 Å². The Morgan fingerprint density at radius 3 is 1.97 bits per heavy atom. The molecule has 2 aliphatic carbocycles. The summed E-state index contributed by atoms with van der Waals surface area (Å²) in [5.74, 6) is 1.44. The van der Waals surface area contributed by atoms with Crippen LogP contribution < -0.4 is 0 Å². The summed E-state index contributed by atoms with van der Waals surface area (Å²) < 4.78 is 14.0. The van der Waals surface area contributed by atoms with Crippen molar-refractivity contribution in [2.24, 2.45) is 23.7 Å². The van der Waals surface area contributed by atoms with Crippen LogP contribution >= 0.6 is 0 Å². The highest BCUT2D eigenvalue weighted by atomic mass is 28.4. The number of hydrogen-bond donors (Lipinski definition) is 2. The summed E-state index contributed by atoms with van der Waals surface area (Å²) in [6, 6.07) is 0. The maximum atomic E-state index is 10.3. The van der Waals surface area contributed by atoms with Gasteiger partial charge >= 0.3 is 0 Å². The summed E-state index contributed by atoms with van der Waals surface area (Å²) in [7, 11) is -3.85. The lowest BCUT2D eigenvalue weighted by molar-refractivity contribution is 0.140. The molecule has 2 fully saturated rings. The molecular formula is C29H58O4Si2. The Hall–Kier alpha value is 0.0138. The van der Waals surface area contributed by atoms with Gasteiger partial charge in [0, 0.05) is 19.1 Å². The van der Waals surface area contributed by atoms with E-state index in [-0.39, 0.29) is 47.3 Å². The zero-order valence-electron chi connectivity index (χ0n) is 24.7. The van der Waals surface area contributed by atoms with E-state index in [2.05, 4.69) is 79.9 Å². The second-order valence-corrected chi connectivity index (χ2v) is 24.0. The lowest BCUT2D eigenvalue weighted by Crippen LogP contribution is -2.45. The van der Waals surface area contributed by atoms with E-state index >= 15 is 0 Å². The molecule has 0 aromatic carbocycles. The van der Waals surface area contributed by atoms with E-state index in [0.717, 1.165) is 19.3 Å². The van der Waals surface area contributed by atoms with Crippen LogP contribution in [0.4, 0.5) is 0 Å². The van der Waals surface area contributed by atoms with Gasteiger partial charge < -0.3 is 19.1 Å². The van der Waals surface area contributed by atoms with Gasteiger partial charge in [0.2, 0.25) is 0 Å². The van der Waals surface area contributed by atoms with Crippen LogP contribution in [-0.2, 0) is 8.85 Å². The van der Waals surface area contributed by atoms with Crippen LogP contribution in [0, 0.1) is 23.7 Å². The molecule has 0 spiro atoms. The van der Waals surface area contributed by atoms with Crippen LogP contribution in [0.2, 0.25) is 36.3 Å². The second-order valence-electron chi connectivity index (χ2n) is 14.5. The van der Waals surface area contributed by atoms with E-state index in [1.54, 1.807) is 0 Å². The number of aliphatic hydroxyl groups is 2. The average Bonchev–Trinajstić information content (AvgIpc) is 3.36. The minimum Gasteiger partial charge on any atom is -0.413 e. The molecule has 5 atom stereocenters. The fourth-order valence-corrected chi connectivity index (χ4v) is 8.14. The van der Waals surface area contributed by atoms with Crippen LogP contribution in [0.5, 0.6) is 0 Å². The molecule has 0 saturated heterocycles. The summed E-state index contributed by atoms with van der Waals surface area (Å²) in [6.45, 7) is 23.7. The van der Waals surface area contributed by atoms with Gasteiger partial charge in [0.1, 0.15) is 0 Å². The molecule has 0 heterocycles. The Labute approximate surface area is 219 Å². The number of hydrogen-bond acceptors (Lipinski definition) is 4. The van der Waals surface area contributed by atoms with Crippen molar-refractivity contribution >= 4 is 16.6 Å². The van der Waals surface area contributed by atoms with Gasteiger partial charge in [-0.05, 0) is 86.1 Å². The van der Waals surface area contributed by atoms with Crippen LogP contribution in [0.25, 0.3) is 0 Å². The van der Waals surface area contributed by atoms with Gasteiger partial charge in [-0.2, -0.15) is 0 Å². The van der Waals surface area contributed by atoms with E-state index in [0.29, 0.717) is 11.8 Å². The maximum Gasteiger partial charge on any atom is 0.192 e. The third-order valence-corrected chi connectivity index (χ3v) is 18.8. The third-order valence-electron chi connectivity index (χ3n) is 9.87. The Kier molecular flexibility index (Phi) is 10.9. The number of aliphatic hydroxyl groups excluding tert-OH is 2. The Morgan fingerprint density at radius 1 is 0.914 bits per heavy atom. The van der Waals surface area contributed by atoms with E-state index in [4.69, 9.17) is 8.85 Å². The highest BCUT2D eigenvalue weighted by Crippen LogP contribution is 2.47. The van der Waals surface area contributed by atoms with Gasteiger partial charge in [-0.3, -0.25) is 0 Å². The Balaban J connectivity index is 2.37. The zero-order valence-corrected chi connectivity index (χ0v) is 26.7. The van der Waals surface area contributed by atoms with Crippen molar-refractivity contribution in [3.8, 4) is 0 Å². The molecular weight excluding hydrogens is 468 g/mol.